The van der Waals surface area contributed by atoms with Crippen LogP contribution < -0.4 is 10.2 Å². The number of hydrogen-bond donors (Lipinski definition) is 2. The van der Waals surface area contributed by atoms with Gasteiger partial charge in [-0.1, -0.05) is 0 Å². The van der Waals surface area contributed by atoms with E-state index < -0.39 is 0 Å². The van der Waals surface area contributed by atoms with Crippen LogP contribution in [-0.4, -0.2) is 50.4 Å². The summed E-state index contributed by atoms with van der Waals surface area (Å²) in [4.78, 5) is 18.5. The zero-order valence-electron chi connectivity index (χ0n) is 15.0. The Hall–Kier alpha value is -2.68. The highest BCUT2D eigenvalue weighted by Crippen LogP contribution is 2.39. The molecule has 9 heteroatoms. The van der Waals surface area contributed by atoms with E-state index in [4.69, 9.17) is 0 Å². The Labute approximate surface area is 159 Å². The van der Waals surface area contributed by atoms with Crippen LogP contribution in [0.3, 0.4) is 0 Å². The molecule has 5 rings (SSSR count). The van der Waals surface area contributed by atoms with Crippen molar-refractivity contribution < 1.29 is 9.90 Å². The first-order valence-corrected chi connectivity index (χ1v) is 9.86. The minimum Gasteiger partial charge on any atom is -0.508 e. The zero-order valence-corrected chi connectivity index (χ0v) is 15.8. The van der Waals surface area contributed by atoms with Crippen LogP contribution >= 0.6 is 11.3 Å². The van der Waals surface area contributed by atoms with Crippen LogP contribution in [0.1, 0.15) is 19.3 Å². The van der Waals surface area contributed by atoms with E-state index in [-0.39, 0.29) is 17.1 Å². The Balaban J connectivity index is 1.39. The van der Waals surface area contributed by atoms with Crippen LogP contribution in [0.4, 0.5) is 5.95 Å². The summed E-state index contributed by atoms with van der Waals surface area (Å²) in [7, 11) is 1.96. The zero-order chi connectivity index (χ0) is 18.6. The highest BCUT2D eigenvalue weighted by molar-refractivity contribution is 7.21. The number of carbonyl (C=O) groups excluding carboxylic acids is 1. The first-order chi connectivity index (χ1) is 13.0. The number of thiazole rings is 1. The standard InChI is InChI=1S/C18H20N6O2S/c1-23-15(16-20-12-3-2-11(25)8-13(12)27-16)21-22-17(23)24-6-4-18(5-7-24)9-14(26)19-10-18/h2-3,8,25H,4-7,9-10H2,1H3,(H,19,26). The van der Waals surface area contributed by atoms with Crippen molar-refractivity contribution in [3.63, 3.8) is 0 Å². The molecule has 1 spiro atoms. The van der Waals surface area contributed by atoms with Gasteiger partial charge in [-0.25, -0.2) is 4.98 Å². The molecule has 0 saturated carbocycles. The molecule has 0 bridgehead atoms. The normalized spacial score (nSPS) is 19.1. The number of aromatic hydroxyl groups is 1. The molecular formula is C18H20N6O2S. The maximum Gasteiger partial charge on any atom is 0.227 e. The molecular weight excluding hydrogens is 364 g/mol. The second kappa shape index (κ2) is 5.91. The van der Waals surface area contributed by atoms with Crippen molar-refractivity contribution >= 4 is 33.4 Å². The van der Waals surface area contributed by atoms with E-state index in [0.29, 0.717) is 6.42 Å². The number of phenols is 1. The SMILES string of the molecule is Cn1c(-c2nc3ccc(O)cc3s2)nnc1N1CCC2(CC1)CNC(=O)C2. The van der Waals surface area contributed by atoms with Gasteiger partial charge in [-0.3, -0.25) is 9.36 Å². The molecule has 140 valence electrons. The van der Waals surface area contributed by atoms with E-state index in [9.17, 15) is 9.90 Å². The lowest BCUT2D eigenvalue weighted by Crippen LogP contribution is -2.42. The summed E-state index contributed by atoms with van der Waals surface area (Å²) < 4.78 is 2.90. The van der Waals surface area contributed by atoms with Crippen LogP contribution in [0.2, 0.25) is 0 Å². The largest absolute Gasteiger partial charge is 0.508 e. The number of nitrogens with zero attached hydrogens (tertiary/aromatic N) is 5. The van der Waals surface area contributed by atoms with E-state index >= 15 is 0 Å². The first kappa shape index (κ1) is 16.5. The molecule has 2 fully saturated rings. The van der Waals surface area contributed by atoms with Gasteiger partial charge < -0.3 is 15.3 Å². The molecule has 2 saturated heterocycles. The summed E-state index contributed by atoms with van der Waals surface area (Å²) >= 11 is 1.50. The van der Waals surface area contributed by atoms with Crippen LogP contribution in [0.5, 0.6) is 5.75 Å². The average Bonchev–Trinajstić information content (AvgIpc) is 3.33. The van der Waals surface area contributed by atoms with Crippen molar-refractivity contribution in [2.45, 2.75) is 19.3 Å². The third-order valence-electron chi connectivity index (χ3n) is 5.72. The van der Waals surface area contributed by atoms with Gasteiger partial charge in [0.25, 0.3) is 0 Å². The molecule has 0 aliphatic carbocycles. The summed E-state index contributed by atoms with van der Waals surface area (Å²) in [6, 6.07) is 5.16. The molecule has 1 amide bonds. The number of anilines is 1. The van der Waals surface area contributed by atoms with Gasteiger partial charge in [-0.05, 0) is 36.5 Å². The molecule has 2 aliphatic rings. The van der Waals surface area contributed by atoms with Crippen LogP contribution in [-0.2, 0) is 11.8 Å². The van der Waals surface area contributed by atoms with Gasteiger partial charge in [0.2, 0.25) is 11.9 Å². The fourth-order valence-corrected chi connectivity index (χ4v) is 5.10. The lowest BCUT2D eigenvalue weighted by Gasteiger charge is -2.38. The highest BCUT2D eigenvalue weighted by atomic mass is 32.1. The maximum absolute atomic E-state index is 11.6. The number of rotatable bonds is 2. The number of benzene rings is 1. The van der Waals surface area contributed by atoms with Crippen LogP contribution in [0.25, 0.3) is 21.0 Å². The molecule has 8 nitrogen and oxygen atoms in total. The van der Waals surface area contributed by atoms with Crippen molar-refractivity contribution in [3.05, 3.63) is 18.2 Å². The number of phenolic OH excluding ortho intramolecular Hbond substituents is 1. The third-order valence-corrected chi connectivity index (χ3v) is 6.73. The molecule has 3 aromatic rings. The van der Waals surface area contributed by atoms with Crippen molar-refractivity contribution in [1.29, 1.82) is 0 Å². The smallest absolute Gasteiger partial charge is 0.227 e. The van der Waals surface area contributed by atoms with E-state index in [1.54, 1.807) is 12.1 Å². The predicted molar refractivity (Wildman–Crippen MR) is 103 cm³/mol. The second-order valence-corrected chi connectivity index (χ2v) is 8.52. The Morgan fingerprint density at radius 2 is 2.07 bits per heavy atom. The number of hydrogen-bond acceptors (Lipinski definition) is 7. The molecule has 4 heterocycles. The summed E-state index contributed by atoms with van der Waals surface area (Å²) in [5.74, 6) is 1.97. The van der Waals surface area contributed by atoms with Crippen molar-refractivity contribution in [3.8, 4) is 16.6 Å². The van der Waals surface area contributed by atoms with Crippen LogP contribution in [0, 0.1) is 5.41 Å². The predicted octanol–water partition coefficient (Wildman–Crippen LogP) is 1.90. The number of amides is 1. The maximum atomic E-state index is 11.6. The summed E-state index contributed by atoms with van der Waals surface area (Å²) in [5.41, 5.74) is 0.958. The Kier molecular flexibility index (Phi) is 3.61. The van der Waals surface area contributed by atoms with Crippen molar-refractivity contribution in [1.82, 2.24) is 25.1 Å². The first-order valence-electron chi connectivity index (χ1n) is 9.04. The van der Waals surface area contributed by atoms with E-state index in [1.165, 1.54) is 11.3 Å². The molecule has 2 aliphatic heterocycles. The number of fused-ring (bicyclic) bond motifs is 1. The van der Waals surface area contributed by atoms with Gasteiger partial charge >= 0.3 is 0 Å². The minimum atomic E-state index is 0.115. The van der Waals surface area contributed by atoms with Gasteiger partial charge in [-0.2, -0.15) is 0 Å². The molecule has 0 radical (unpaired) electrons. The number of carbonyl (C=O) groups is 1. The number of aromatic nitrogens is 4. The van der Waals surface area contributed by atoms with Crippen molar-refractivity contribution in [2.24, 2.45) is 12.5 Å². The Bertz CT molecular complexity index is 1030. The summed E-state index contributed by atoms with van der Waals surface area (Å²) in [6.45, 7) is 2.53. The number of nitrogens with one attached hydrogen (secondary N) is 1. The monoisotopic (exact) mass is 384 g/mol. The topological polar surface area (TPSA) is 96.2 Å². The van der Waals surface area contributed by atoms with E-state index in [2.05, 4.69) is 25.4 Å². The fraction of sp³-hybridized carbons (Fsp3) is 0.444. The number of piperidine rings is 1. The summed E-state index contributed by atoms with van der Waals surface area (Å²) in [5, 5.41) is 22.2. The molecule has 2 aromatic heterocycles. The van der Waals surface area contributed by atoms with Gasteiger partial charge in [0.1, 0.15) is 5.75 Å². The van der Waals surface area contributed by atoms with E-state index in [0.717, 1.165) is 59.5 Å². The molecule has 2 N–H and O–H groups in total. The second-order valence-electron chi connectivity index (χ2n) is 7.49. The van der Waals surface area contributed by atoms with Gasteiger partial charge in [-0.15, -0.1) is 21.5 Å². The van der Waals surface area contributed by atoms with Crippen molar-refractivity contribution in [2.75, 3.05) is 24.5 Å². The van der Waals surface area contributed by atoms with Gasteiger partial charge in [0.05, 0.1) is 10.2 Å². The Morgan fingerprint density at radius 3 is 2.81 bits per heavy atom. The van der Waals surface area contributed by atoms with E-state index in [1.807, 2.05) is 17.7 Å². The van der Waals surface area contributed by atoms with Gasteiger partial charge in [0, 0.05) is 33.1 Å². The fourth-order valence-electron chi connectivity index (χ4n) is 4.08. The molecule has 0 unspecified atom stereocenters. The molecule has 0 atom stereocenters. The third kappa shape index (κ3) is 2.73. The molecule has 27 heavy (non-hydrogen) atoms. The lowest BCUT2D eigenvalue weighted by molar-refractivity contribution is -0.119. The average molecular weight is 384 g/mol. The lowest BCUT2D eigenvalue weighted by atomic mass is 9.78. The molecule has 1 aromatic carbocycles. The quantitative estimate of drug-likeness (QED) is 0.701. The highest BCUT2D eigenvalue weighted by Gasteiger charge is 2.41. The van der Waals surface area contributed by atoms with Crippen LogP contribution in [0.15, 0.2) is 18.2 Å². The Morgan fingerprint density at radius 1 is 1.26 bits per heavy atom. The summed E-state index contributed by atoms with van der Waals surface area (Å²) in [6.07, 6.45) is 2.60. The van der Waals surface area contributed by atoms with Gasteiger partial charge in [0.15, 0.2) is 10.8 Å². The minimum absolute atomic E-state index is 0.115.